The van der Waals surface area contributed by atoms with E-state index in [1.807, 2.05) is 0 Å². The molecule has 0 saturated heterocycles. The number of benzene rings is 1. The molecule has 3 N–H and O–H groups in total. The quantitative estimate of drug-likeness (QED) is 0.854. The number of aromatic amines is 1. The van der Waals surface area contributed by atoms with E-state index in [1.165, 1.54) is 6.07 Å². The van der Waals surface area contributed by atoms with Gasteiger partial charge in [0.05, 0.1) is 6.07 Å². The number of rotatable bonds is 3. The number of halogens is 3. The zero-order valence-electron chi connectivity index (χ0n) is 11.0. The van der Waals surface area contributed by atoms with E-state index in [0.717, 1.165) is 18.2 Å². The van der Waals surface area contributed by atoms with Gasteiger partial charge in [-0.3, -0.25) is 4.79 Å². The standard InChI is InChI=1S/C13H12F3N3O2/c1-2-10-18-11(20)6-12(19-10)21-9-4-3-7(17)5-8(9)13(14,15)16/h3-6H,2,17H2,1H3,(H,18,19,20). The first kappa shape index (κ1) is 14.9. The fourth-order valence-corrected chi connectivity index (χ4v) is 1.67. The minimum absolute atomic E-state index is 0.0391. The van der Waals surface area contributed by atoms with Crippen LogP contribution in [0.2, 0.25) is 0 Å². The van der Waals surface area contributed by atoms with Crippen LogP contribution in [-0.2, 0) is 12.6 Å². The molecule has 8 heteroatoms. The van der Waals surface area contributed by atoms with Crippen LogP contribution in [0.3, 0.4) is 0 Å². The van der Waals surface area contributed by atoms with E-state index < -0.39 is 23.0 Å². The molecule has 2 aromatic rings. The van der Waals surface area contributed by atoms with Crippen molar-refractivity contribution in [2.45, 2.75) is 19.5 Å². The number of aromatic nitrogens is 2. The lowest BCUT2D eigenvalue weighted by Gasteiger charge is -2.13. The number of hydrogen-bond acceptors (Lipinski definition) is 4. The van der Waals surface area contributed by atoms with Gasteiger partial charge < -0.3 is 15.5 Å². The molecular formula is C13H12F3N3O2. The van der Waals surface area contributed by atoms with E-state index in [2.05, 4.69) is 9.97 Å². The first-order valence-electron chi connectivity index (χ1n) is 6.04. The summed E-state index contributed by atoms with van der Waals surface area (Å²) in [6.07, 6.45) is -4.21. The molecule has 0 radical (unpaired) electrons. The van der Waals surface area contributed by atoms with Gasteiger partial charge in [0.2, 0.25) is 5.88 Å². The Kier molecular flexibility index (Phi) is 3.88. The molecule has 0 saturated carbocycles. The number of hydrogen-bond donors (Lipinski definition) is 2. The highest BCUT2D eigenvalue weighted by Crippen LogP contribution is 2.38. The van der Waals surface area contributed by atoms with E-state index in [-0.39, 0.29) is 11.6 Å². The lowest BCUT2D eigenvalue weighted by Crippen LogP contribution is -2.12. The van der Waals surface area contributed by atoms with Gasteiger partial charge in [-0.2, -0.15) is 18.2 Å². The molecule has 0 bridgehead atoms. The smallest absolute Gasteiger partial charge is 0.420 e. The fraction of sp³-hybridized carbons (Fsp3) is 0.231. The molecule has 2 rings (SSSR count). The minimum Gasteiger partial charge on any atom is -0.438 e. The summed E-state index contributed by atoms with van der Waals surface area (Å²) in [5.74, 6) is -0.343. The van der Waals surface area contributed by atoms with E-state index in [9.17, 15) is 18.0 Å². The van der Waals surface area contributed by atoms with Gasteiger partial charge in [-0.1, -0.05) is 6.92 Å². The highest BCUT2D eigenvalue weighted by Gasteiger charge is 2.35. The minimum atomic E-state index is -4.63. The summed E-state index contributed by atoms with van der Waals surface area (Å²) in [4.78, 5) is 17.7. The monoisotopic (exact) mass is 299 g/mol. The van der Waals surface area contributed by atoms with Crippen molar-refractivity contribution in [2.75, 3.05) is 5.73 Å². The van der Waals surface area contributed by atoms with Crippen molar-refractivity contribution in [3.8, 4) is 11.6 Å². The van der Waals surface area contributed by atoms with Gasteiger partial charge in [-0.15, -0.1) is 0 Å². The van der Waals surface area contributed by atoms with Crippen LogP contribution in [0.1, 0.15) is 18.3 Å². The number of nitrogens with two attached hydrogens (primary N) is 1. The van der Waals surface area contributed by atoms with Crippen LogP contribution in [0.15, 0.2) is 29.1 Å². The molecule has 112 valence electrons. The van der Waals surface area contributed by atoms with Crippen LogP contribution >= 0.6 is 0 Å². The van der Waals surface area contributed by atoms with Crippen LogP contribution in [0.25, 0.3) is 0 Å². The van der Waals surface area contributed by atoms with Crippen LogP contribution < -0.4 is 16.0 Å². The predicted molar refractivity (Wildman–Crippen MR) is 70.2 cm³/mol. The third-order valence-corrected chi connectivity index (χ3v) is 2.63. The zero-order chi connectivity index (χ0) is 15.6. The van der Waals surface area contributed by atoms with Gasteiger partial charge in [-0.25, -0.2) is 0 Å². The van der Waals surface area contributed by atoms with Gasteiger partial charge in [0, 0.05) is 12.1 Å². The molecule has 0 aliphatic rings. The van der Waals surface area contributed by atoms with E-state index in [0.29, 0.717) is 12.2 Å². The second kappa shape index (κ2) is 5.47. The second-order valence-electron chi connectivity index (χ2n) is 4.24. The maximum atomic E-state index is 12.9. The van der Waals surface area contributed by atoms with E-state index >= 15 is 0 Å². The number of nitrogen functional groups attached to an aromatic ring is 1. The summed E-state index contributed by atoms with van der Waals surface area (Å²) in [6, 6.07) is 4.12. The SMILES string of the molecule is CCc1nc(Oc2ccc(N)cc2C(F)(F)F)cc(=O)[nH]1. The Balaban J connectivity index is 2.45. The molecule has 1 aromatic heterocycles. The molecule has 1 aromatic carbocycles. The summed E-state index contributed by atoms with van der Waals surface area (Å²) in [5, 5.41) is 0. The van der Waals surface area contributed by atoms with Gasteiger partial charge in [-0.05, 0) is 18.2 Å². The average molecular weight is 299 g/mol. The number of ether oxygens (including phenoxy) is 1. The molecule has 21 heavy (non-hydrogen) atoms. The Morgan fingerprint density at radius 2 is 2.05 bits per heavy atom. The number of nitrogens with zero attached hydrogens (tertiary/aromatic N) is 1. The lowest BCUT2D eigenvalue weighted by atomic mass is 10.1. The Morgan fingerprint density at radius 3 is 2.67 bits per heavy atom. The van der Waals surface area contributed by atoms with Crippen molar-refractivity contribution in [1.29, 1.82) is 0 Å². The largest absolute Gasteiger partial charge is 0.438 e. The first-order chi connectivity index (χ1) is 9.79. The summed E-state index contributed by atoms with van der Waals surface area (Å²) >= 11 is 0. The average Bonchev–Trinajstić information content (AvgIpc) is 2.39. The fourth-order valence-electron chi connectivity index (χ4n) is 1.67. The van der Waals surface area contributed by atoms with Gasteiger partial charge in [0.15, 0.2) is 0 Å². The Hall–Kier alpha value is -2.51. The Bertz CT molecular complexity index is 711. The van der Waals surface area contributed by atoms with E-state index in [4.69, 9.17) is 10.5 Å². The molecule has 5 nitrogen and oxygen atoms in total. The topological polar surface area (TPSA) is 81.0 Å². The Morgan fingerprint density at radius 1 is 1.33 bits per heavy atom. The van der Waals surface area contributed by atoms with Crippen molar-refractivity contribution in [1.82, 2.24) is 9.97 Å². The molecule has 0 aliphatic carbocycles. The summed E-state index contributed by atoms with van der Waals surface area (Å²) in [5.41, 5.74) is 3.80. The first-order valence-corrected chi connectivity index (χ1v) is 6.04. The van der Waals surface area contributed by atoms with Crippen LogP contribution in [0.4, 0.5) is 18.9 Å². The second-order valence-corrected chi connectivity index (χ2v) is 4.24. The molecule has 0 aliphatic heterocycles. The van der Waals surface area contributed by atoms with Crippen molar-refractivity contribution >= 4 is 5.69 Å². The van der Waals surface area contributed by atoms with Crippen LogP contribution in [0, 0.1) is 0 Å². The summed E-state index contributed by atoms with van der Waals surface area (Å²) in [7, 11) is 0. The molecule has 0 spiro atoms. The van der Waals surface area contributed by atoms with Crippen molar-refractivity contribution in [2.24, 2.45) is 0 Å². The van der Waals surface area contributed by atoms with Crippen molar-refractivity contribution in [3.63, 3.8) is 0 Å². The van der Waals surface area contributed by atoms with Crippen molar-refractivity contribution in [3.05, 3.63) is 46.0 Å². The highest BCUT2D eigenvalue weighted by atomic mass is 19.4. The maximum Gasteiger partial charge on any atom is 0.420 e. The molecule has 0 unspecified atom stereocenters. The van der Waals surface area contributed by atoms with Gasteiger partial charge >= 0.3 is 6.18 Å². The third kappa shape index (κ3) is 3.53. The number of nitrogens with one attached hydrogen (secondary N) is 1. The van der Waals surface area contributed by atoms with Crippen molar-refractivity contribution < 1.29 is 17.9 Å². The third-order valence-electron chi connectivity index (χ3n) is 2.63. The molecule has 1 heterocycles. The van der Waals surface area contributed by atoms with Crippen LogP contribution in [0.5, 0.6) is 11.6 Å². The summed E-state index contributed by atoms with van der Waals surface area (Å²) < 4.78 is 43.9. The lowest BCUT2D eigenvalue weighted by molar-refractivity contribution is -0.138. The predicted octanol–water partition coefficient (Wildman–Crippen LogP) is 2.73. The number of H-pyrrole nitrogens is 1. The molecular weight excluding hydrogens is 287 g/mol. The highest BCUT2D eigenvalue weighted by molar-refractivity contribution is 5.50. The molecule has 0 fully saturated rings. The normalized spacial score (nSPS) is 11.4. The van der Waals surface area contributed by atoms with Gasteiger partial charge in [0.25, 0.3) is 5.56 Å². The molecule has 0 atom stereocenters. The summed E-state index contributed by atoms with van der Waals surface area (Å²) in [6.45, 7) is 1.74. The zero-order valence-corrected chi connectivity index (χ0v) is 11.0. The van der Waals surface area contributed by atoms with E-state index in [1.54, 1.807) is 6.92 Å². The number of anilines is 1. The molecule has 0 amide bonds. The number of aryl methyl sites for hydroxylation is 1. The Labute approximate surface area is 117 Å². The van der Waals surface area contributed by atoms with Gasteiger partial charge in [0.1, 0.15) is 17.1 Å². The van der Waals surface area contributed by atoms with Crippen LogP contribution in [-0.4, -0.2) is 9.97 Å². The maximum absolute atomic E-state index is 12.9. The number of alkyl halides is 3.